The van der Waals surface area contributed by atoms with Gasteiger partial charge in [-0.15, -0.1) is 0 Å². The summed E-state index contributed by atoms with van der Waals surface area (Å²) >= 11 is 0. The summed E-state index contributed by atoms with van der Waals surface area (Å²) in [5, 5.41) is 14.9. The largest absolute Gasteiger partial charge is 0.344 e. The highest BCUT2D eigenvalue weighted by Crippen LogP contribution is 2.21. The first-order valence-corrected chi connectivity index (χ1v) is 6.16. The first kappa shape index (κ1) is 15.1. The van der Waals surface area contributed by atoms with Gasteiger partial charge >= 0.3 is 5.69 Å². The van der Waals surface area contributed by atoms with Gasteiger partial charge in [-0.25, -0.2) is 0 Å². The molecule has 7 nitrogen and oxygen atoms in total. The van der Waals surface area contributed by atoms with Crippen molar-refractivity contribution in [2.75, 3.05) is 13.6 Å². The van der Waals surface area contributed by atoms with E-state index in [1.54, 1.807) is 25.8 Å². The summed E-state index contributed by atoms with van der Waals surface area (Å²) in [6, 6.07) is 0. The van der Waals surface area contributed by atoms with Crippen LogP contribution < -0.4 is 0 Å². The van der Waals surface area contributed by atoms with Crippen molar-refractivity contribution in [2.45, 2.75) is 34.2 Å². The van der Waals surface area contributed by atoms with Crippen molar-refractivity contribution in [1.82, 2.24) is 14.7 Å². The number of hydrogen-bond donors (Lipinski definition) is 0. The van der Waals surface area contributed by atoms with E-state index in [-0.39, 0.29) is 18.1 Å². The van der Waals surface area contributed by atoms with Gasteiger partial charge in [0.2, 0.25) is 5.91 Å². The predicted octanol–water partition coefficient (Wildman–Crippen LogP) is 1.52. The van der Waals surface area contributed by atoms with Crippen molar-refractivity contribution in [1.29, 1.82) is 0 Å². The van der Waals surface area contributed by atoms with Gasteiger partial charge in [0.15, 0.2) is 0 Å². The number of aromatic nitrogens is 2. The second kappa shape index (κ2) is 5.81. The second-order valence-corrected chi connectivity index (χ2v) is 5.10. The van der Waals surface area contributed by atoms with E-state index < -0.39 is 4.92 Å². The second-order valence-electron chi connectivity index (χ2n) is 5.10. The predicted molar refractivity (Wildman–Crippen MR) is 70.8 cm³/mol. The minimum absolute atomic E-state index is 0.0145. The molecule has 7 heteroatoms. The molecule has 0 bridgehead atoms. The Labute approximate surface area is 112 Å². The Hall–Kier alpha value is -1.92. The molecule has 106 valence electrons. The summed E-state index contributed by atoms with van der Waals surface area (Å²) < 4.78 is 1.40. The minimum Gasteiger partial charge on any atom is -0.344 e. The van der Waals surface area contributed by atoms with E-state index in [1.165, 1.54) is 4.68 Å². The van der Waals surface area contributed by atoms with Gasteiger partial charge in [-0.1, -0.05) is 13.8 Å². The number of hydrogen-bond acceptors (Lipinski definition) is 4. The van der Waals surface area contributed by atoms with Crippen LogP contribution >= 0.6 is 0 Å². The van der Waals surface area contributed by atoms with E-state index >= 15 is 0 Å². The third kappa shape index (κ3) is 3.52. The summed E-state index contributed by atoms with van der Waals surface area (Å²) in [7, 11) is 1.72. The summed E-state index contributed by atoms with van der Waals surface area (Å²) in [5.41, 5.74) is 0.731. The number of nitro groups is 1. The van der Waals surface area contributed by atoms with Gasteiger partial charge in [0.25, 0.3) is 0 Å². The van der Waals surface area contributed by atoms with Gasteiger partial charge < -0.3 is 4.90 Å². The topological polar surface area (TPSA) is 81.3 Å². The summed E-state index contributed by atoms with van der Waals surface area (Å²) in [6.45, 7) is 7.91. The number of carbonyl (C=O) groups is 1. The van der Waals surface area contributed by atoms with Crippen molar-refractivity contribution < 1.29 is 9.72 Å². The van der Waals surface area contributed by atoms with Crippen molar-refractivity contribution >= 4 is 11.6 Å². The van der Waals surface area contributed by atoms with Gasteiger partial charge in [-0.3, -0.25) is 19.6 Å². The fourth-order valence-electron chi connectivity index (χ4n) is 2.00. The van der Waals surface area contributed by atoms with Crippen molar-refractivity contribution in [3.63, 3.8) is 0 Å². The minimum atomic E-state index is -0.462. The van der Waals surface area contributed by atoms with Gasteiger partial charge in [0.1, 0.15) is 17.9 Å². The number of aryl methyl sites for hydroxylation is 1. The van der Waals surface area contributed by atoms with Gasteiger partial charge in [0.05, 0.1) is 4.92 Å². The lowest BCUT2D eigenvalue weighted by Gasteiger charge is -2.19. The van der Waals surface area contributed by atoms with Crippen LogP contribution in [0.25, 0.3) is 0 Å². The van der Waals surface area contributed by atoms with Crippen molar-refractivity contribution in [2.24, 2.45) is 5.92 Å². The first-order chi connectivity index (χ1) is 8.73. The molecule has 0 saturated carbocycles. The van der Waals surface area contributed by atoms with Crippen LogP contribution in [0.3, 0.4) is 0 Å². The fourth-order valence-corrected chi connectivity index (χ4v) is 2.00. The molecule has 0 unspecified atom stereocenters. The molecule has 1 aromatic heterocycles. The van der Waals surface area contributed by atoms with Crippen LogP contribution in [0.1, 0.15) is 25.2 Å². The molecule has 1 amide bonds. The van der Waals surface area contributed by atoms with Crippen LogP contribution in [0.4, 0.5) is 5.69 Å². The number of amides is 1. The highest BCUT2D eigenvalue weighted by Gasteiger charge is 2.23. The third-order valence-electron chi connectivity index (χ3n) is 2.88. The number of rotatable bonds is 5. The SMILES string of the molecule is Cc1nn(CC(=O)N(C)CC(C)C)c(C)c1[N+](=O)[O-]. The van der Waals surface area contributed by atoms with E-state index in [1.807, 2.05) is 13.8 Å². The van der Waals surface area contributed by atoms with Crippen LogP contribution in [0, 0.1) is 29.9 Å². The fraction of sp³-hybridized carbons (Fsp3) is 0.667. The van der Waals surface area contributed by atoms with Crippen molar-refractivity contribution in [3.8, 4) is 0 Å². The maximum Gasteiger partial charge on any atom is 0.312 e. The molecule has 0 atom stereocenters. The monoisotopic (exact) mass is 268 g/mol. The van der Waals surface area contributed by atoms with E-state index in [0.717, 1.165) is 0 Å². The zero-order chi connectivity index (χ0) is 14.7. The molecule has 1 heterocycles. The number of likely N-dealkylation sites (N-methyl/N-ethyl adjacent to an activating group) is 1. The molecule has 1 rings (SSSR count). The Kier molecular flexibility index (Phi) is 4.63. The molecule has 19 heavy (non-hydrogen) atoms. The van der Waals surface area contributed by atoms with E-state index in [4.69, 9.17) is 0 Å². The van der Waals surface area contributed by atoms with Crippen LogP contribution in [0.5, 0.6) is 0 Å². The Morgan fingerprint density at radius 3 is 2.47 bits per heavy atom. The summed E-state index contributed by atoms with van der Waals surface area (Å²) in [6.07, 6.45) is 0. The smallest absolute Gasteiger partial charge is 0.312 e. The molecule has 0 aliphatic heterocycles. The Morgan fingerprint density at radius 1 is 1.47 bits per heavy atom. The van der Waals surface area contributed by atoms with Gasteiger partial charge in [0, 0.05) is 13.6 Å². The normalized spacial score (nSPS) is 10.8. The summed E-state index contributed by atoms with van der Waals surface area (Å²) in [5.74, 6) is 0.276. The zero-order valence-electron chi connectivity index (χ0n) is 12.0. The molecule has 0 aliphatic carbocycles. The van der Waals surface area contributed by atoms with E-state index in [2.05, 4.69) is 5.10 Å². The Balaban J connectivity index is 2.86. The van der Waals surface area contributed by atoms with E-state index in [0.29, 0.717) is 23.9 Å². The standard InChI is InChI=1S/C12H20N4O3/c1-8(2)6-14(5)11(17)7-15-10(4)12(16(18)19)9(3)13-15/h8H,6-7H2,1-5H3. The molecule has 0 fully saturated rings. The molecule has 0 aromatic carbocycles. The molecule has 0 radical (unpaired) electrons. The average molecular weight is 268 g/mol. The lowest BCUT2D eigenvalue weighted by atomic mass is 10.2. The Bertz CT molecular complexity index is 493. The maximum atomic E-state index is 12.0. The highest BCUT2D eigenvalue weighted by molar-refractivity contribution is 5.75. The summed E-state index contributed by atoms with van der Waals surface area (Å²) in [4.78, 5) is 24.0. The van der Waals surface area contributed by atoms with Crippen LogP contribution in [-0.2, 0) is 11.3 Å². The van der Waals surface area contributed by atoms with Crippen LogP contribution in [-0.4, -0.2) is 39.1 Å². The maximum absolute atomic E-state index is 12.0. The number of carbonyl (C=O) groups excluding carboxylic acids is 1. The molecule has 0 N–H and O–H groups in total. The molecular weight excluding hydrogens is 248 g/mol. The van der Waals surface area contributed by atoms with Crippen LogP contribution in [0.15, 0.2) is 0 Å². The quantitative estimate of drug-likeness (QED) is 0.599. The molecule has 0 aliphatic rings. The van der Waals surface area contributed by atoms with Gasteiger partial charge in [-0.05, 0) is 19.8 Å². The first-order valence-electron chi connectivity index (χ1n) is 6.16. The number of nitrogens with zero attached hydrogens (tertiary/aromatic N) is 4. The highest BCUT2D eigenvalue weighted by atomic mass is 16.6. The van der Waals surface area contributed by atoms with Gasteiger partial charge in [-0.2, -0.15) is 5.10 Å². The van der Waals surface area contributed by atoms with Crippen molar-refractivity contribution in [3.05, 3.63) is 21.5 Å². The van der Waals surface area contributed by atoms with Crippen LogP contribution in [0.2, 0.25) is 0 Å². The average Bonchev–Trinajstić information content (AvgIpc) is 2.52. The lowest BCUT2D eigenvalue weighted by Crippen LogP contribution is -2.33. The molecule has 1 aromatic rings. The zero-order valence-corrected chi connectivity index (χ0v) is 12.0. The Morgan fingerprint density at radius 2 is 2.05 bits per heavy atom. The lowest BCUT2D eigenvalue weighted by molar-refractivity contribution is -0.386. The molecular formula is C12H20N4O3. The third-order valence-corrected chi connectivity index (χ3v) is 2.88. The molecule has 0 saturated heterocycles. The molecule has 0 spiro atoms. The van der Waals surface area contributed by atoms with E-state index in [9.17, 15) is 14.9 Å².